The molecule has 5 heteroatoms. The third kappa shape index (κ3) is 2.71. The number of amides is 1. The summed E-state index contributed by atoms with van der Waals surface area (Å²) in [6, 6.07) is 5.81. The van der Waals surface area contributed by atoms with Crippen molar-refractivity contribution in [2.24, 2.45) is 11.5 Å². The first-order chi connectivity index (χ1) is 10.5. The van der Waals surface area contributed by atoms with Crippen LogP contribution in [0.5, 0.6) is 5.75 Å². The van der Waals surface area contributed by atoms with Gasteiger partial charge >= 0.3 is 0 Å². The topological polar surface area (TPSA) is 101 Å². The minimum atomic E-state index is -0.575. The Kier molecular flexibility index (Phi) is 4.10. The monoisotopic (exact) mass is 303 g/mol. The van der Waals surface area contributed by atoms with Crippen molar-refractivity contribution < 1.29 is 9.90 Å². The molecule has 0 spiro atoms. The number of hydrogen-bond acceptors (Lipinski definition) is 4. The van der Waals surface area contributed by atoms with Crippen LogP contribution in [0.2, 0.25) is 0 Å². The van der Waals surface area contributed by atoms with Crippen molar-refractivity contribution in [1.29, 1.82) is 0 Å². The van der Waals surface area contributed by atoms with Gasteiger partial charge in [-0.25, -0.2) is 0 Å². The molecular formula is C17H25N3O2. The molecule has 6 N–H and O–H groups in total. The Morgan fingerprint density at radius 1 is 1.45 bits per heavy atom. The van der Waals surface area contributed by atoms with Crippen LogP contribution < -0.4 is 16.8 Å². The fourth-order valence-corrected chi connectivity index (χ4v) is 4.33. The van der Waals surface area contributed by atoms with Crippen LogP contribution >= 0.6 is 0 Å². The zero-order valence-electron chi connectivity index (χ0n) is 12.8. The number of hydrogen-bond donors (Lipinski definition) is 4. The fourth-order valence-electron chi connectivity index (χ4n) is 4.33. The second-order valence-electron chi connectivity index (χ2n) is 6.80. The first-order valence-electron chi connectivity index (χ1n) is 8.14. The van der Waals surface area contributed by atoms with Gasteiger partial charge in [0.1, 0.15) is 5.75 Å². The Labute approximate surface area is 131 Å². The third-order valence-electron chi connectivity index (χ3n) is 5.32. The summed E-state index contributed by atoms with van der Waals surface area (Å²) >= 11 is 0. The first kappa shape index (κ1) is 15.3. The van der Waals surface area contributed by atoms with Crippen molar-refractivity contribution in [3.05, 3.63) is 29.3 Å². The standard InChI is InChI=1S/C17H25N3O2/c18-8-2-6-17-7-5-12(20-17)9-11(10-17)13-3-1-4-14(15(13)21)16(19)22/h1,3-4,11-12,20-21H,2,5-10,18H2,(H2,19,22). The van der Waals surface area contributed by atoms with Gasteiger partial charge in [-0.05, 0) is 62.6 Å². The Balaban J connectivity index is 1.87. The van der Waals surface area contributed by atoms with Crippen LogP contribution in [0.4, 0.5) is 0 Å². The molecule has 2 fully saturated rings. The largest absolute Gasteiger partial charge is 0.507 e. The van der Waals surface area contributed by atoms with Crippen molar-refractivity contribution in [3.8, 4) is 5.75 Å². The van der Waals surface area contributed by atoms with Crippen LogP contribution in [0.3, 0.4) is 0 Å². The molecule has 2 aliphatic heterocycles. The van der Waals surface area contributed by atoms with Crippen LogP contribution in [0, 0.1) is 0 Å². The van der Waals surface area contributed by atoms with Crippen molar-refractivity contribution in [2.75, 3.05) is 6.54 Å². The van der Waals surface area contributed by atoms with Crippen molar-refractivity contribution in [3.63, 3.8) is 0 Å². The molecule has 22 heavy (non-hydrogen) atoms. The number of piperidine rings is 1. The number of nitrogens with two attached hydrogens (primary N) is 2. The first-order valence-corrected chi connectivity index (χ1v) is 8.14. The summed E-state index contributed by atoms with van der Waals surface area (Å²) in [6.45, 7) is 0.709. The van der Waals surface area contributed by atoms with E-state index in [0.717, 1.165) is 31.2 Å². The van der Waals surface area contributed by atoms with Crippen LogP contribution in [0.1, 0.15) is 60.4 Å². The number of fused-ring (bicyclic) bond motifs is 2. The highest BCUT2D eigenvalue weighted by Gasteiger charge is 2.45. The molecule has 3 unspecified atom stereocenters. The highest BCUT2D eigenvalue weighted by atomic mass is 16.3. The lowest BCUT2D eigenvalue weighted by atomic mass is 9.77. The molecule has 3 rings (SSSR count). The minimum absolute atomic E-state index is 0.0651. The molecule has 1 aromatic rings. The zero-order valence-corrected chi connectivity index (χ0v) is 12.8. The summed E-state index contributed by atoms with van der Waals surface area (Å²) in [5.74, 6) is -0.241. The third-order valence-corrected chi connectivity index (χ3v) is 5.32. The van der Waals surface area contributed by atoms with Crippen molar-refractivity contribution in [2.45, 2.75) is 56.0 Å². The van der Waals surface area contributed by atoms with E-state index in [2.05, 4.69) is 5.32 Å². The van der Waals surface area contributed by atoms with Gasteiger partial charge in [-0.3, -0.25) is 4.79 Å². The minimum Gasteiger partial charge on any atom is -0.507 e. The van der Waals surface area contributed by atoms with Crippen molar-refractivity contribution >= 4 is 5.91 Å². The normalized spacial score (nSPS) is 30.4. The molecule has 1 aromatic carbocycles. The Morgan fingerprint density at radius 3 is 3.00 bits per heavy atom. The van der Waals surface area contributed by atoms with E-state index in [0.29, 0.717) is 12.6 Å². The van der Waals surface area contributed by atoms with E-state index in [1.54, 1.807) is 6.07 Å². The predicted octanol–water partition coefficient (Wildman–Crippen LogP) is 1.60. The highest BCUT2D eigenvalue weighted by molar-refractivity contribution is 5.96. The van der Waals surface area contributed by atoms with Crippen LogP contribution in [0.15, 0.2) is 18.2 Å². The van der Waals surface area contributed by atoms with Crippen LogP contribution in [-0.4, -0.2) is 29.1 Å². The van der Waals surface area contributed by atoms with Gasteiger partial charge in [0.25, 0.3) is 5.91 Å². The Bertz CT molecular complexity index is 575. The molecule has 1 amide bonds. The molecule has 0 aromatic heterocycles. The second kappa shape index (κ2) is 5.89. The smallest absolute Gasteiger partial charge is 0.252 e. The second-order valence-corrected chi connectivity index (χ2v) is 6.80. The highest BCUT2D eigenvalue weighted by Crippen LogP contribution is 2.47. The summed E-state index contributed by atoms with van der Waals surface area (Å²) in [4.78, 5) is 11.4. The van der Waals surface area contributed by atoms with E-state index >= 15 is 0 Å². The van der Waals surface area contributed by atoms with E-state index in [1.807, 2.05) is 12.1 Å². The summed E-state index contributed by atoms with van der Waals surface area (Å²) in [5.41, 5.74) is 12.2. The lowest BCUT2D eigenvalue weighted by Crippen LogP contribution is -2.49. The molecule has 120 valence electrons. The summed E-state index contributed by atoms with van der Waals surface area (Å²) in [5, 5.41) is 14.2. The molecule has 2 aliphatic rings. The number of primary amides is 1. The molecule has 2 bridgehead atoms. The Hall–Kier alpha value is -1.59. The van der Waals surface area contributed by atoms with Crippen molar-refractivity contribution in [1.82, 2.24) is 5.32 Å². The molecule has 0 radical (unpaired) electrons. The van der Waals surface area contributed by atoms with Gasteiger partial charge in [-0.1, -0.05) is 12.1 Å². The maximum atomic E-state index is 11.4. The predicted molar refractivity (Wildman–Crippen MR) is 85.8 cm³/mol. The molecule has 2 heterocycles. The number of nitrogens with one attached hydrogen (secondary N) is 1. The number of carbonyl (C=O) groups excluding carboxylic acids is 1. The van der Waals surface area contributed by atoms with E-state index in [9.17, 15) is 9.90 Å². The zero-order chi connectivity index (χ0) is 15.7. The summed E-state index contributed by atoms with van der Waals surface area (Å²) in [7, 11) is 0. The van der Waals surface area contributed by atoms with Gasteiger partial charge in [-0.15, -0.1) is 0 Å². The molecule has 0 saturated carbocycles. The van der Waals surface area contributed by atoms with Gasteiger partial charge in [0.15, 0.2) is 0 Å². The average Bonchev–Trinajstić information content (AvgIpc) is 2.80. The number of phenols is 1. The molecule has 2 saturated heterocycles. The van der Waals surface area contributed by atoms with Gasteiger partial charge < -0.3 is 21.9 Å². The molecular weight excluding hydrogens is 278 g/mol. The van der Waals surface area contributed by atoms with Gasteiger partial charge in [0, 0.05) is 11.6 Å². The summed E-state index contributed by atoms with van der Waals surface area (Å²) in [6.07, 6.45) is 6.42. The van der Waals surface area contributed by atoms with Gasteiger partial charge in [0.05, 0.1) is 5.56 Å². The number of benzene rings is 1. The molecule has 0 aliphatic carbocycles. The average molecular weight is 303 g/mol. The quantitative estimate of drug-likeness (QED) is 0.663. The lowest BCUT2D eigenvalue weighted by Gasteiger charge is -2.40. The van der Waals surface area contributed by atoms with Crippen LogP contribution in [0.25, 0.3) is 0 Å². The van der Waals surface area contributed by atoms with Gasteiger partial charge in [-0.2, -0.15) is 0 Å². The molecule has 3 atom stereocenters. The van der Waals surface area contributed by atoms with E-state index in [4.69, 9.17) is 11.5 Å². The fraction of sp³-hybridized carbons (Fsp3) is 0.588. The lowest BCUT2D eigenvalue weighted by molar-refractivity contribution is 0.0997. The SMILES string of the molecule is NCCCC12CCC(CC(c3cccc(C(N)=O)c3O)C1)N2. The van der Waals surface area contributed by atoms with E-state index < -0.39 is 5.91 Å². The van der Waals surface area contributed by atoms with Crippen LogP contribution in [-0.2, 0) is 0 Å². The van der Waals surface area contributed by atoms with E-state index in [-0.39, 0.29) is 22.8 Å². The molecule has 5 nitrogen and oxygen atoms in total. The summed E-state index contributed by atoms with van der Waals surface area (Å²) < 4.78 is 0. The Morgan fingerprint density at radius 2 is 2.27 bits per heavy atom. The maximum Gasteiger partial charge on any atom is 0.252 e. The number of para-hydroxylation sites is 1. The van der Waals surface area contributed by atoms with Gasteiger partial charge in [0.2, 0.25) is 0 Å². The number of carbonyl (C=O) groups is 1. The number of rotatable bonds is 5. The number of aromatic hydroxyl groups is 1. The maximum absolute atomic E-state index is 11.4. The van der Waals surface area contributed by atoms with E-state index in [1.165, 1.54) is 12.8 Å².